The van der Waals surface area contributed by atoms with E-state index in [1.54, 1.807) is 0 Å². The van der Waals surface area contributed by atoms with Crippen molar-refractivity contribution in [3.05, 3.63) is 11.8 Å². The van der Waals surface area contributed by atoms with Crippen molar-refractivity contribution < 1.29 is 23.8 Å². The number of rotatable bonds is 6. The number of carboxylic acids is 1. The molecule has 0 heterocycles. The predicted molar refractivity (Wildman–Crippen MR) is 44.8 cm³/mol. The maximum atomic E-state index is 11.7. The summed E-state index contributed by atoms with van der Waals surface area (Å²) in [5.74, 6) is -2.33. The number of halogens is 1. The van der Waals surface area contributed by atoms with Gasteiger partial charge in [-0.25, -0.2) is 9.18 Å². The molecular formula is C7H11FN2O4. The fraction of sp³-hybridized carbons (Fsp3) is 0.429. The first-order valence-corrected chi connectivity index (χ1v) is 3.66. The maximum Gasteiger partial charge on any atom is 0.351 e. The highest BCUT2D eigenvalue weighted by atomic mass is 19.1. The Balaban J connectivity index is 4.43. The zero-order chi connectivity index (χ0) is 11.1. The van der Waals surface area contributed by atoms with Gasteiger partial charge in [0.25, 0.3) is 5.91 Å². The molecule has 0 radical (unpaired) electrons. The molecule has 5 N–H and O–H groups in total. The molecule has 0 saturated heterocycles. The average Bonchev–Trinajstić information content (AvgIpc) is 2.10. The second-order valence-electron chi connectivity index (χ2n) is 2.31. The van der Waals surface area contributed by atoms with Gasteiger partial charge in [-0.3, -0.25) is 4.79 Å². The van der Waals surface area contributed by atoms with Gasteiger partial charge in [0, 0.05) is 0 Å². The van der Waals surface area contributed by atoms with Crippen LogP contribution in [-0.2, 0) is 14.3 Å². The molecule has 0 aliphatic carbocycles. The number of ether oxygens (including phenoxy) is 1. The van der Waals surface area contributed by atoms with E-state index in [-0.39, 0.29) is 6.61 Å². The lowest BCUT2D eigenvalue weighted by atomic mass is 10.2. The van der Waals surface area contributed by atoms with E-state index in [0.29, 0.717) is 0 Å². The van der Waals surface area contributed by atoms with Gasteiger partial charge in [-0.1, -0.05) is 0 Å². The second-order valence-corrected chi connectivity index (χ2v) is 2.31. The van der Waals surface area contributed by atoms with Crippen LogP contribution in [0.4, 0.5) is 4.39 Å². The fourth-order valence-corrected chi connectivity index (χ4v) is 0.618. The first-order valence-electron chi connectivity index (χ1n) is 3.66. The minimum Gasteiger partial charge on any atom is -0.477 e. The van der Waals surface area contributed by atoms with Crippen molar-refractivity contribution in [2.45, 2.75) is 6.10 Å². The molecule has 0 rings (SSSR count). The summed E-state index contributed by atoms with van der Waals surface area (Å²) in [4.78, 5) is 20.9. The third-order valence-corrected chi connectivity index (χ3v) is 1.23. The van der Waals surface area contributed by atoms with Crippen LogP contribution >= 0.6 is 0 Å². The normalized spacial score (nSPS) is 13.6. The molecule has 0 saturated carbocycles. The zero-order valence-electron chi connectivity index (χ0n) is 7.27. The molecule has 0 aromatic rings. The van der Waals surface area contributed by atoms with Crippen molar-refractivity contribution in [2.75, 3.05) is 13.3 Å². The number of aliphatic carboxylic acids is 1. The third kappa shape index (κ3) is 4.41. The molecule has 0 bridgehead atoms. The average molecular weight is 206 g/mol. The Morgan fingerprint density at radius 2 is 2.07 bits per heavy atom. The maximum absolute atomic E-state index is 11.7. The van der Waals surface area contributed by atoms with Crippen LogP contribution < -0.4 is 11.5 Å². The van der Waals surface area contributed by atoms with Gasteiger partial charge in [0.2, 0.25) is 0 Å². The van der Waals surface area contributed by atoms with E-state index in [1.807, 2.05) is 0 Å². The van der Waals surface area contributed by atoms with Gasteiger partial charge in [-0.15, -0.1) is 0 Å². The standard InChI is InChI=1S/C7H11FN2O4/c8-1-2-14-5(6(10)11)3-4(9)7(12)13/h3,5H,1-2,9H2,(H2,10,11)(H,12,13)/b4-3-. The smallest absolute Gasteiger partial charge is 0.351 e. The topological polar surface area (TPSA) is 116 Å². The summed E-state index contributed by atoms with van der Waals surface area (Å²) in [6.45, 7) is -1.15. The van der Waals surface area contributed by atoms with E-state index >= 15 is 0 Å². The molecule has 6 nitrogen and oxygen atoms in total. The molecule has 0 fully saturated rings. The number of carbonyl (C=O) groups excluding carboxylic acids is 1. The molecule has 0 aliphatic heterocycles. The summed E-state index contributed by atoms with van der Waals surface area (Å²) in [6, 6.07) is 0. The van der Waals surface area contributed by atoms with E-state index in [0.717, 1.165) is 6.08 Å². The van der Waals surface area contributed by atoms with Crippen molar-refractivity contribution in [3.8, 4) is 0 Å². The Hall–Kier alpha value is -1.63. The first-order chi connectivity index (χ1) is 6.49. The van der Waals surface area contributed by atoms with Crippen molar-refractivity contribution >= 4 is 11.9 Å². The van der Waals surface area contributed by atoms with Crippen LogP contribution in [0.5, 0.6) is 0 Å². The minimum absolute atomic E-state index is 0.350. The SMILES string of the molecule is NC(=O)C(/C=C(\N)C(=O)O)OCCF. The van der Waals surface area contributed by atoms with Crippen LogP contribution in [-0.4, -0.2) is 36.4 Å². The molecule has 0 aromatic heterocycles. The number of hydrogen-bond acceptors (Lipinski definition) is 4. The van der Waals surface area contributed by atoms with Crippen molar-refractivity contribution in [1.82, 2.24) is 0 Å². The van der Waals surface area contributed by atoms with Gasteiger partial charge < -0.3 is 21.3 Å². The number of amides is 1. The van der Waals surface area contributed by atoms with Crippen molar-refractivity contribution in [3.63, 3.8) is 0 Å². The monoisotopic (exact) mass is 206 g/mol. The van der Waals surface area contributed by atoms with Gasteiger partial charge in [-0.05, 0) is 6.08 Å². The van der Waals surface area contributed by atoms with Gasteiger partial charge in [0.05, 0.1) is 6.61 Å². The summed E-state index contributed by atoms with van der Waals surface area (Å²) in [6.07, 6.45) is -0.498. The highest BCUT2D eigenvalue weighted by molar-refractivity contribution is 5.88. The summed E-state index contributed by atoms with van der Waals surface area (Å²) in [7, 11) is 0. The molecule has 1 unspecified atom stereocenters. The molecule has 0 aromatic carbocycles. The summed E-state index contributed by atoms with van der Waals surface area (Å²) < 4.78 is 16.3. The van der Waals surface area contributed by atoms with Gasteiger partial charge in [0.15, 0.2) is 6.10 Å². The Labute approximate surface area is 79.3 Å². The van der Waals surface area contributed by atoms with Gasteiger partial charge in [-0.2, -0.15) is 0 Å². The van der Waals surface area contributed by atoms with Crippen LogP contribution in [0.1, 0.15) is 0 Å². The molecule has 1 atom stereocenters. The lowest BCUT2D eigenvalue weighted by Gasteiger charge is -2.09. The van der Waals surface area contributed by atoms with Crippen molar-refractivity contribution in [2.24, 2.45) is 11.5 Å². The largest absolute Gasteiger partial charge is 0.477 e. The van der Waals surface area contributed by atoms with E-state index in [2.05, 4.69) is 4.74 Å². The summed E-state index contributed by atoms with van der Waals surface area (Å²) in [5.41, 5.74) is 9.28. The number of hydrogen-bond donors (Lipinski definition) is 3. The lowest BCUT2D eigenvalue weighted by Crippen LogP contribution is -2.31. The number of carbonyl (C=O) groups is 2. The molecular weight excluding hydrogens is 195 g/mol. The minimum atomic E-state index is -1.40. The zero-order valence-corrected chi connectivity index (χ0v) is 7.27. The van der Waals surface area contributed by atoms with E-state index < -0.39 is 30.4 Å². The molecule has 14 heavy (non-hydrogen) atoms. The Morgan fingerprint density at radius 3 is 2.43 bits per heavy atom. The Bertz CT molecular complexity index is 254. The Morgan fingerprint density at radius 1 is 1.50 bits per heavy atom. The summed E-state index contributed by atoms with van der Waals surface area (Å²) >= 11 is 0. The lowest BCUT2D eigenvalue weighted by molar-refractivity contribution is -0.132. The molecule has 1 amide bonds. The molecule has 0 spiro atoms. The van der Waals surface area contributed by atoms with E-state index in [1.165, 1.54) is 0 Å². The van der Waals surface area contributed by atoms with Crippen LogP contribution in [0.2, 0.25) is 0 Å². The molecule has 80 valence electrons. The number of primary amides is 1. The predicted octanol–water partition coefficient (Wildman–Crippen LogP) is -1.25. The van der Waals surface area contributed by atoms with Crippen LogP contribution in [0.15, 0.2) is 11.8 Å². The van der Waals surface area contributed by atoms with Crippen molar-refractivity contribution in [1.29, 1.82) is 0 Å². The number of carboxylic acid groups (broad SMARTS) is 1. The van der Waals surface area contributed by atoms with Gasteiger partial charge >= 0.3 is 5.97 Å². The van der Waals surface area contributed by atoms with Crippen LogP contribution in [0.3, 0.4) is 0 Å². The van der Waals surface area contributed by atoms with Crippen LogP contribution in [0.25, 0.3) is 0 Å². The number of alkyl halides is 1. The van der Waals surface area contributed by atoms with Crippen LogP contribution in [0, 0.1) is 0 Å². The molecule has 7 heteroatoms. The van der Waals surface area contributed by atoms with E-state index in [4.69, 9.17) is 16.6 Å². The second kappa shape index (κ2) is 5.92. The van der Waals surface area contributed by atoms with Gasteiger partial charge in [0.1, 0.15) is 12.4 Å². The summed E-state index contributed by atoms with van der Waals surface area (Å²) in [5, 5.41) is 8.36. The molecule has 0 aliphatic rings. The highest BCUT2D eigenvalue weighted by Gasteiger charge is 2.15. The Kier molecular flexibility index (Phi) is 5.23. The quantitative estimate of drug-likeness (QED) is 0.470. The van der Waals surface area contributed by atoms with E-state index in [9.17, 15) is 14.0 Å². The fourth-order valence-electron chi connectivity index (χ4n) is 0.618. The highest BCUT2D eigenvalue weighted by Crippen LogP contribution is 1.97. The first kappa shape index (κ1) is 12.4. The third-order valence-electron chi connectivity index (χ3n) is 1.23. The number of nitrogens with two attached hydrogens (primary N) is 2.